The smallest absolute Gasteiger partial charge is 0.195 e. The number of allylic oxidation sites excluding steroid dienone is 1. The van der Waals surface area contributed by atoms with Gasteiger partial charge in [0.15, 0.2) is 5.78 Å². The van der Waals surface area contributed by atoms with Crippen molar-refractivity contribution in [1.82, 2.24) is 0 Å². The number of ketones is 1. The molecule has 3 heteroatoms. The zero-order valence-electron chi connectivity index (χ0n) is 13.3. The second kappa shape index (κ2) is 7.95. The maximum Gasteiger partial charge on any atom is 0.195 e. The van der Waals surface area contributed by atoms with Crippen LogP contribution in [0.5, 0.6) is 5.75 Å². The van der Waals surface area contributed by atoms with E-state index in [4.69, 9.17) is 4.74 Å². The zero-order valence-corrected chi connectivity index (χ0v) is 14.2. The first-order chi connectivity index (χ1) is 10.6. The fraction of sp³-hybridized carbons (Fsp3) is 0.316. The number of thiophene rings is 1. The Bertz CT molecular complexity index is 653. The minimum absolute atomic E-state index is 0.0539. The average Bonchev–Trinajstić information content (AvgIpc) is 3.00. The molecule has 0 unspecified atom stereocenters. The molecule has 0 saturated carbocycles. The van der Waals surface area contributed by atoms with Crippen molar-refractivity contribution in [3.8, 4) is 5.75 Å². The van der Waals surface area contributed by atoms with Crippen LogP contribution >= 0.6 is 11.3 Å². The lowest BCUT2D eigenvalue weighted by Gasteiger charge is -2.08. The summed E-state index contributed by atoms with van der Waals surface area (Å²) in [5.41, 5.74) is 0.974. The van der Waals surface area contributed by atoms with Crippen molar-refractivity contribution in [2.45, 2.75) is 27.2 Å². The van der Waals surface area contributed by atoms with Crippen molar-refractivity contribution >= 4 is 23.2 Å². The standard InChI is InChI=1S/C19H22O2S/c1-4-17-9-11-19(22-17)18(20)10-8-15-6-5-7-16(12-15)21-13-14(2)3/h5-12,14H,4,13H2,1-3H3/b10-8+. The summed E-state index contributed by atoms with van der Waals surface area (Å²) in [5, 5.41) is 0. The van der Waals surface area contributed by atoms with E-state index in [2.05, 4.69) is 20.8 Å². The number of benzene rings is 1. The van der Waals surface area contributed by atoms with Gasteiger partial charge in [-0.05, 0) is 48.2 Å². The van der Waals surface area contributed by atoms with E-state index in [9.17, 15) is 4.79 Å². The zero-order chi connectivity index (χ0) is 15.9. The normalized spacial score (nSPS) is 11.3. The molecule has 0 atom stereocenters. The minimum atomic E-state index is 0.0539. The molecule has 0 spiro atoms. The van der Waals surface area contributed by atoms with Crippen LogP contribution in [0.15, 0.2) is 42.5 Å². The molecule has 116 valence electrons. The van der Waals surface area contributed by atoms with Crippen molar-refractivity contribution in [3.05, 3.63) is 57.8 Å². The highest BCUT2D eigenvalue weighted by molar-refractivity contribution is 7.14. The molecule has 1 aromatic carbocycles. The van der Waals surface area contributed by atoms with Gasteiger partial charge in [-0.3, -0.25) is 4.79 Å². The van der Waals surface area contributed by atoms with Gasteiger partial charge in [0.05, 0.1) is 11.5 Å². The largest absolute Gasteiger partial charge is 0.493 e. The van der Waals surface area contributed by atoms with E-state index in [1.807, 2.05) is 42.5 Å². The molecule has 0 aliphatic heterocycles. The van der Waals surface area contributed by atoms with Crippen LogP contribution in [0, 0.1) is 5.92 Å². The van der Waals surface area contributed by atoms with Gasteiger partial charge in [-0.2, -0.15) is 0 Å². The molecular weight excluding hydrogens is 292 g/mol. The number of aryl methyl sites for hydroxylation is 1. The van der Waals surface area contributed by atoms with Crippen LogP contribution in [-0.4, -0.2) is 12.4 Å². The third-order valence-corrected chi connectivity index (χ3v) is 4.37. The second-order valence-electron chi connectivity index (χ2n) is 5.59. The van der Waals surface area contributed by atoms with E-state index in [-0.39, 0.29) is 5.78 Å². The Balaban J connectivity index is 2.02. The van der Waals surface area contributed by atoms with Crippen LogP contribution < -0.4 is 4.74 Å². The number of carbonyl (C=O) groups excluding carboxylic acids is 1. The third-order valence-electron chi connectivity index (χ3n) is 3.12. The summed E-state index contributed by atoms with van der Waals surface area (Å²) in [6.45, 7) is 7.03. The van der Waals surface area contributed by atoms with Gasteiger partial charge in [0.2, 0.25) is 0 Å². The van der Waals surface area contributed by atoms with Gasteiger partial charge in [0, 0.05) is 4.88 Å². The fourth-order valence-electron chi connectivity index (χ4n) is 1.93. The summed E-state index contributed by atoms with van der Waals surface area (Å²) in [6.07, 6.45) is 4.44. The molecule has 2 nitrogen and oxygen atoms in total. The maximum absolute atomic E-state index is 12.1. The minimum Gasteiger partial charge on any atom is -0.493 e. The van der Waals surface area contributed by atoms with E-state index in [1.54, 1.807) is 17.4 Å². The lowest BCUT2D eigenvalue weighted by Crippen LogP contribution is -2.04. The van der Waals surface area contributed by atoms with Gasteiger partial charge in [-0.25, -0.2) is 0 Å². The predicted molar refractivity (Wildman–Crippen MR) is 93.8 cm³/mol. The Morgan fingerprint density at radius 3 is 2.77 bits per heavy atom. The third kappa shape index (κ3) is 4.85. The van der Waals surface area contributed by atoms with Gasteiger partial charge < -0.3 is 4.74 Å². The van der Waals surface area contributed by atoms with E-state index >= 15 is 0 Å². The second-order valence-corrected chi connectivity index (χ2v) is 6.76. The molecule has 0 N–H and O–H groups in total. The summed E-state index contributed by atoms with van der Waals surface area (Å²) in [5.74, 6) is 1.39. The van der Waals surface area contributed by atoms with E-state index < -0.39 is 0 Å². The first kappa shape index (κ1) is 16.5. The number of hydrogen-bond donors (Lipinski definition) is 0. The van der Waals surface area contributed by atoms with Gasteiger partial charge in [-0.15, -0.1) is 11.3 Å². The molecule has 2 aromatic rings. The van der Waals surface area contributed by atoms with Crippen molar-refractivity contribution < 1.29 is 9.53 Å². The first-order valence-electron chi connectivity index (χ1n) is 7.62. The number of carbonyl (C=O) groups is 1. The molecule has 0 bridgehead atoms. The van der Waals surface area contributed by atoms with Crippen LogP contribution in [0.25, 0.3) is 6.08 Å². The maximum atomic E-state index is 12.1. The van der Waals surface area contributed by atoms with Crippen LogP contribution in [0.1, 0.15) is 40.9 Å². The molecule has 2 rings (SSSR count). The quantitative estimate of drug-likeness (QED) is 0.516. The highest BCUT2D eigenvalue weighted by Gasteiger charge is 2.05. The Hall–Kier alpha value is -1.87. The molecule has 1 aromatic heterocycles. The summed E-state index contributed by atoms with van der Waals surface area (Å²) in [6, 6.07) is 11.7. The molecule has 0 radical (unpaired) electrons. The summed E-state index contributed by atoms with van der Waals surface area (Å²) >= 11 is 1.57. The molecule has 22 heavy (non-hydrogen) atoms. The molecule has 0 aliphatic rings. The summed E-state index contributed by atoms with van der Waals surface area (Å²) < 4.78 is 5.70. The van der Waals surface area contributed by atoms with Crippen LogP contribution in [0.4, 0.5) is 0 Å². The Kier molecular flexibility index (Phi) is 5.96. The van der Waals surface area contributed by atoms with Crippen molar-refractivity contribution in [2.75, 3.05) is 6.61 Å². The highest BCUT2D eigenvalue weighted by Crippen LogP contribution is 2.19. The van der Waals surface area contributed by atoms with Gasteiger partial charge in [0.25, 0.3) is 0 Å². The molecule has 0 fully saturated rings. The SMILES string of the molecule is CCc1ccc(C(=O)/C=C/c2cccc(OCC(C)C)c2)s1. The van der Waals surface area contributed by atoms with Crippen LogP contribution in [0.2, 0.25) is 0 Å². The van der Waals surface area contributed by atoms with Crippen molar-refractivity contribution in [3.63, 3.8) is 0 Å². The number of hydrogen-bond acceptors (Lipinski definition) is 3. The number of ether oxygens (including phenoxy) is 1. The topological polar surface area (TPSA) is 26.3 Å². The Labute approximate surface area is 136 Å². The van der Waals surface area contributed by atoms with E-state index in [1.165, 1.54) is 4.88 Å². The molecule has 0 aliphatic carbocycles. The lowest BCUT2D eigenvalue weighted by atomic mass is 10.1. The summed E-state index contributed by atoms with van der Waals surface area (Å²) in [4.78, 5) is 14.2. The predicted octanol–water partition coefficient (Wildman–Crippen LogP) is 5.24. The molecule has 0 amide bonds. The Morgan fingerprint density at radius 2 is 2.09 bits per heavy atom. The summed E-state index contributed by atoms with van der Waals surface area (Å²) in [7, 11) is 0. The van der Waals surface area contributed by atoms with Crippen LogP contribution in [-0.2, 0) is 6.42 Å². The monoisotopic (exact) mass is 314 g/mol. The highest BCUT2D eigenvalue weighted by atomic mass is 32.1. The van der Waals surface area contributed by atoms with E-state index in [0.717, 1.165) is 22.6 Å². The molecule has 0 saturated heterocycles. The fourth-order valence-corrected chi connectivity index (χ4v) is 2.79. The molecular formula is C19H22O2S. The van der Waals surface area contributed by atoms with Crippen molar-refractivity contribution in [1.29, 1.82) is 0 Å². The number of rotatable bonds is 7. The van der Waals surface area contributed by atoms with Crippen LogP contribution in [0.3, 0.4) is 0 Å². The van der Waals surface area contributed by atoms with Gasteiger partial charge >= 0.3 is 0 Å². The molecule has 1 heterocycles. The van der Waals surface area contributed by atoms with Gasteiger partial charge in [0.1, 0.15) is 5.75 Å². The Morgan fingerprint density at radius 1 is 1.27 bits per heavy atom. The van der Waals surface area contributed by atoms with Crippen molar-refractivity contribution in [2.24, 2.45) is 5.92 Å². The average molecular weight is 314 g/mol. The first-order valence-corrected chi connectivity index (χ1v) is 8.44. The lowest BCUT2D eigenvalue weighted by molar-refractivity contribution is 0.105. The van der Waals surface area contributed by atoms with E-state index in [0.29, 0.717) is 12.5 Å². The van der Waals surface area contributed by atoms with Gasteiger partial charge in [-0.1, -0.05) is 39.0 Å².